The SMILES string of the molecule is CN=C(NCCCC(=O)N1Cc2ccccc2C1)NCc1ccccc1OCC1CC1. The summed E-state index contributed by atoms with van der Waals surface area (Å²) < 4.78 is 5.98. The minimum Gasteiger partial charge on any atom is -0.493 e. The molecular formula is C25H32N4O2. The molecule has 2 aliphatic rings. The van der Waals surface area contributed by atoms with Crippen LogP contribution in [0.4, 0.5) is 0 Å². The van der Waals surface area contributed by atoms with Crippen molar-refractivity contribution < 1.29 is 9.53 Å². The Hall–Kier alpha value is -3.02. The molecule has 6 nitrogen and oxygen atoms in total. The highest BCUT2D eigenvalue weighted by atomic mass is 16.5. The van der Waals surface area contributed by atoms with Crippen molar-refractivity contribution in [2.45, 2.75) is 45.3 Å². The first kappa shape index (κ1) is 21.2. The van der Waals surface area contributed by atoms with Gasteiger partial charge in [-0.15, -0.1) is 0 Å². The van der Waals surface area contributed by atoms with Gasteiger partial charge in [0.25, 0.3) is 0 Å². The van der Waals surface area contributed by atoms with Crippen LogP contribution in [0.25, 0.3) is 0 Å². The van der Waals surface area contributed by atoms with Crippen LogP contribution < -0.4 is 15.4 Å². The summed E-state index contributed by atoms with van der Waals surface area (Å²) in [6.07, 6.45) is 3.87. The molecule has 0 radical (unpaired) electrons. The number of amides is 1. The molecule has 0 atom stereocenters. The smallest absolute Gasteiger partial charge is 0.223 e. The van der Waals surface area contributed by atoms with Crippen molar-refractivity contribution in [1.29, 1.82) is 0 Å². The maximum Gasteiger partial charge on any atom is 0.223 e. The summed E-state index contributed by atoms with van der Waals surface area (Å²) in [4.78, 5) is 18.8. The van der Waals surface area contributed by atoms with Gasteiger partial charge in [-0.2, -0.15) is 0 Å². The molecule has 1 aliphatic heterocycles. The first-order chi connectivity index (χ1) is 15.2. The van der Waals surface area contributed by atoms with Crippen molar-refractivity contribution in [3.05, 3.63) is 65.2 Å². The molecule has 1 amide bonds. The summed E-state index contributed by atoms with van der Waals surface area (Å²) in [5.74, 6) is 2.61. The molecule has 6 heteroatoms. The number of carbonyl (C=O) groups excluding carboxylic acids is 1. The third-order valence-electron chi connectivity index (χ3n) is 5.87. The van der Waals surface area contributed by atoms with Crippen molar-refractivity contribution >= 4 is 11.9 Å². The molecule has 0 unspecified atom stereocenters. The van der Waals surface area contributed by atoms with Crippen molar-refractivity contribution in [2.24, 2.45) is 10.9 Å². The number of nitrogens with one attached hydrogen (secondary N) is 2. The van der Waals surface area contributed by atoms with Crippen LogP contribution in [0.5, 0.6) is 5.75 Å². The zero-order valence-corrected chi connectivity index (χ0v) is 18.3. The van der Waals surface area contributed by atoms with Crippen molar-refractivity contribution in [3.63, 3.8) is 0 Å². The lowest BCUT2D eigenvalue weighted by Crippen LogP contribution is -2.37. The van der Waals surface area contributed by atoms with Crippen molar-refractivity contribution in [2.75, 3.05) is 20.2 Å². The Morgan fingerprint density at radius 2 is 1.77 bits per heavy atom. The van der Waals surface area contributed by atoms with E-state index in [1.54, 1.807) is 7.05 Å². The predicted molar refractivity (Wildman–Crippen MR) is 123 cm³/mol. The molecule has 1 saturated carbocycles. The van der Waals surface area contributed by atoms with Crippen LogP contribution in [0.15, 0.2) is 53.5 Å². The van der Waals surface area contributed by atoms with Gasteiger partial charge in [-0.3, -0.25) is 9.79 Å². The van der Waals surface area contributed by atoms with Gasteiger partial charge in [0.2, 0.25) is 5.91 Å². The summed E-state index contributed by atoms with van der Waals surface area (Å²) in [5, 5.41) is 6.66. The van der Waals surface area contributed by atoms with Gasteiger partial charge >= 0.3 is 0 Å². The number of nitrogens with zero attached hydrogens (tertiary/aromatic N) is 2. The molecule has 2 aromatic carbocycles. The lowest BCUT2D eigenvalue weighted by molar-refractivity contribution is -0.131. The summed E-state index contributed by atoms with van der Waals surface area (Å²) in [7, 11) is 1.76. The lowest BCUT2D eigenvalue weighted by Gasteiger charge is -2.16. The quantitative estimate of drug-likeness (QED) is 0.370. The van der Waals surface area contributed by atoms with Crippen LogP contribution in [-0.4, -0.2) is 37.0 Å². The predicted octanol–water partition coefficient (Wildman–Crippen LogP) is 3.46. The standard InChI is InChI=1S/C25H32N4O2/c1-26-25(28-15-20-7-4-5-10-23(20)31-18-19-12-13-19)27-14-6-11-24(30)29-16-21-8-2-3-9-22(21)17-29/h2-5,7-10,19H,6,11-18H2,1H3,(H2,26,27,28). The fraction of sp³-hybridized carbons (Fsp3) is 0.440. The Balaban J connectivity index is 1.16. The monoisotopic (exact) mass is 420 g/mol. The van der Waals surface area contributed by atoms with Gasteiger partial charge in [0, 0.05) is 45.2 Å². The van der Waals surface area contributed by atoms with E-state index >= 15 is 0 Å². The molecule has 4 rings (SSSR count). The summed E-state index contributed by atoms with van der Waals surface area (Å²) in [6.45, 7) is 3.61. The molecule has 0 spiro atoms. The van der Waals surface area contributed by atoms with E-state index in [1.165, 1.54) is 24.0 Å². The van der Waals surface area contributed by atoms with Crippen LogP contribution in [0, 0.1) is 5.92 Å². The zero-order valence-electron chi connectivity index (χ0n) is 18.3. The molecule has 1 fully saturated rings. The molecule has 164 valence electrons. The van der Waals surface area contributed by atoms with Gasteiger partial charge in [0.05, 0.1) is 6.61 Å². The summed E-state index contributed by atoms with van der Waals surface area (Å²) >= 11 is 0. The molecule has 2 N–H and O–H groups in total. The second-order valence-corrected chi connectivity index (χ2v) is 8.34. The second-order valence-electron chi connectivity index (χ2n) is 8.34. The number of aliphatic imine (C=N–C) groups is 1. The fourth-order valence-electron chi connectivity index (χ4n) is 3.80. The minimum atomic E-state index is 0.211. The third-order valence-corrected chi connectivity index (χ3v) is 5.87. The van der Waals surface area contributed by atoms with E-state index in [0.717, 1.165) is 49.3 Å². The number of fused-ring (bicyclic) bond motifs is 1. The number of rotatable bonds is 9. The topological polar surface area (TPSA) is 66.0 Å². The molecule has 1 aliphatic carbocycles. The molecule has 2 aromatic rings. The normalized spacial score (nSPS) is 15.5. The number of hydrogen-bond acceptors (Lipinski definition) is 3. The van der Waals surface area contributed by atoms with Gasteiger partial charge in [-0.05, 0) is 42.4 Å². The third kappa shape index (κ3) is 6.00. The number of guanidine groups is 1. The van der Waals surface area contributed by atoms with E-state index in [1.807, 2.05) is 35.2 Å². The zero-order chi connectivity index (χ0) is 21.5. The highest BCUT2D eigenvalue weighted by molar-refractivity contribution is 5.80. The minimum absolute atomic E-state index is 0.211. The Morgan fingerprint density at radius 3 is 2.48 bits per heavy atom. The first-order valence-electron chi connectivity index (χ1n) is 11.2. The maximum absolute atomic E-state index is 12.5. The Bertz CT molecular complexity index is 898. The molecule has 1 heterocycles. The highest BCUT2D eigenvalue weighted by Gasteiger charge is 2.23. The van der Waals surface area contributed by atoms with E-state index in [0.29, 0.717) is 19.5 Å². The van der Waals surface area contributed by atoms with Crippen LogP contribution in [0.2, 0.25) is 0 Å². The van der Waals surface area contributed by atoms with E-state index in [-0.39, 0.29) is 5.91 Å². The highest BCUT2D eigenvalue weighted by Crippen LogP contribution is 2.30. The van der Waals surface area contributed by atoms with E-state index in [2.05, 4.69) is 33.8 Å². The van der Waals surface area contributed by atoms with Crippen LogP contribution in [0.1, 0.15) is 42.4 Å². The van der Waals surface area contributed by atoms with Gasteiger partial charge in [-0.1, -0.05) is 42.5 Å². The maximum atomic E-state index is 12.5. The number of ether oxygens (including phenoxy) is 1. The van der Waals surface area contributed by atoms with Gasteiger partial charge < -0.3 is 20.3 Å². The van der Waals surface area contributed by atoms with Crippen LogP contribution >= 0.6 is 0 Å². The Kier molecular flexibility index (Phi) is 7.07. The van der Waals surface area contributed by atoms with Gasteiger partial charge in [-0.25, -0.2) is 0 Å². The molecule has 0 bridgehead atoms. The van der Waals surface area contributed by atoms with E-state index in [9.17, 15) is 4.79 Å². The fourth-order valence-corrected chi connectivity index (χ4v) is 3.80. The number of hydrogen-bond donors (Lipinski definition) is 2. The first-order valence-corrected chi connectivity index (χ1v) is 11.2. The van der Waals surface area contributed by atoms with Crippen molar-refractivity contribution in [3.8, 4) is 5.75 Å². The largest absolute Gasteiger partial charge is 0.493 e. The van der Waals surface area contributed by atoms with Gasteiger partial charge in [0.15, 0.2) is 5.96 Å². The molecule has 31 heavy (non-hydrogen) atoms. The van der Waals surface area contributed by atoms with Crippen LogP contribution in [0.3, 0.4) is 0 Å². The molecule has 0 aromatic heterocycles. The van der Waals surface area contributed by atoms with E-state index in [4.69, 9.17) is 4.74 Å². The molecule has 0 saturated heterocycles. The summed E-state index contributed by atoms with van der Waals surface area (Å²) in [5.41, 5.74) is 3.65. The number of para-hydroxylation sites is 1. The average molecular weight is 421 g/mol. The molecular weight excluding hydrogens is 388 g/mol. The van der Waals surface area contributed by atoms with Gasteiger partial charge in [0.1, 0.15) is 5.75 Å². The Morgan fingerprint density at radius 1 is 1.06 bits per heavy atom. The number of carbonyl (C=O) groups is 1. The summed E-state index contributed by atoms with van der Waals surface area (Å²) in [6, 6.07) is 16.4. The number of benzene rings is 2. The lowest BCUT2D eigenvalue weighted by atomic mass is 10.1. The Labute approximate surface area is 184 Å². The second kappa shape index (κ2) is 10.3. The van der Waals surface area contributed by atoms with Crippen LogP contribution in [-0.2, 0) is 24.4 Å². The average Bonchev–Trinajstić information content (AvgIpc) is 3.53. The van der Waals surface area contributed by atoms with E-state index < -0.39 is 0 Å². The van der Waals surface area contributed by atoms with Crippen molar-refractivity contribution in [1.82, 2.24) is 15.5 Å².